The number of rotatable bonds is 5. The van der Waals surface area contributed by atoms with Crippen molar-refractivity contribution in [1.82, 2.24) is 10.2 Å². The maximum Gasteiger partial charge on any atom is 0.257 e. The monoisotopic (exact) mass is 310 g/mol. The molecule has 0 bridgehead atoms. The van der Waals surface area contributed by atoms with Crippen LogP contribution < -0.4 is 25.3 Å². The molecule has 0 aliphatic rings. The molecule has 0 atom stereocenters. The Morgan fingerprint density at radius 1 is 1.14 bits per heavy atom. The van der Waals surface area contributed by atoms with Crippen LogP contribution in [0.15, 0.2) is 12.1 Å². The van der Waals surface area contributed by atoms with E-state index in [1.54, 1.807) is 12.1 Å². The van der Waals surface area contributed by atoms with Crippen LogP contribution in [0.4, 0.5) is 10.3 Å². The van der Waals surface area contributed by atoms with E-state index in [2.05, 4.69) is 15.5 Å². The van der Waals surface area contributed by atoms with E-state index in [0.717, 1.165) is 11.3 Å². The SMILES string of the molecule is COc1cc(C(=O)Nc2nnc(N)s2)cc(OC)c1OC. The maximum absolute atomic E-state index is 12.2. The Morgan fingerprint density at radius 2 is 1.76 bits per heavy atom. The molecule has 1 amide bonds. The molecule has 0 aliphatic carbocycles. The summed E-state index contributed by atoms with van der Waals surface area (Å²) in [5, 5.41) is 10.5. The molecule has 3 N–H and O–H groups in total. The summed E-state index contributed by atoms with van der Waals surface area (Å²) in [5.41, 5.74) is 5.79. The lowest BCUT2D eigenvalue weighted by Crippen LogP contribution is -2.12. The Kier molecular flexibility index (Phi) is 4.43. The number of ether oxygens (including phenoxy) is 3. The van der Waals surface area contributed by atoms with Crippen LogP contribution in [0.3, 0.4) is 0 Å². The summed E-state index contributed by atoms with van der Waals surface area (Å²) in [6, 6.07) is 3.09. The normalized spacial score (nSPS) is 10.0. The quantitative estimate of drug-likeness (QED) is 0.859. The lowest BCUT2D eigenvalue weighted by molar-refractivity contribution is 0.102. The highest BCUT2D eigenvalue weighted by Crippen LogP contribution is 2.38. The van der Waals surface area contributed by atoms with Crippen molar-refractivity contribution in [2.45, 2.75) is 0 Å². The number of nitrogens with zero attached hydrogens (tertiary/aromatic N) is 2. The van der Waals surface area contributed by atoms with E-state index in [1.165, 1.54) is 21.3 Å². The number of nitrogen functional groups attached to an aromatic ring is 1. The molecular weight excluding hydrogens is 296 g/mol. The Labute approximate surface area is 124 Å². The third kappa shape index (κ3) is 3.14. The zero-order valence-electron chi connectivity index (χ0n) is 11.7. The number of amides is 1. The van der Waals surface area contributed by atoms with Gasteiger partial charge < -0.3 is 19.9 Å². The summed E-state index contributed by atoms with van der Waals surface area (Å²) < 4.78 is 15.6. The van der Waals surface area contributed by atoms with Gasteiger partial charge in [-0.15, -0.1) is 10.2 Å². The Hall–Kier alpha value is -2.55. The van der Waals surface area contributed by atoms with Gasteiger partial charge in [0.2, 0.25) is 16.0 Å². The van der Waals surface area contributed by atoms with Gasteiger partial charge in [-0.25, -0.2) is 0 Å². The van der Waals surface area contributed by atoms with Crippen molar-refractivity contribution in [2.75, 3.05) is 32.4 Å². The molecule has 21 heavy (non-hydrogen) atoms. The van der Waals surface area contributed by atoms with Crippen molar-refractivity contribution < 1.29 is 19.0 Å². The molecule has 2 rings (SSSR count). The topological polar surface area (TPSA) is 109 Å². The molecule has 0 aliphatic heterocycles. The van der Waals surface area contributed by atoms with E-state index < -0.39 is 0 Å². The standard InChI is InChI=1S/C12H14N4O4S/c1-18-7-4-6(5-8(19-2)9(7)20-3)10(17)14-12-16-15-11(13)21-12/h4-5H,1-3H3,(H2,13,15)(H,14,16,17). The van der Waals surface area contributed by atoms with Crippen LogP contribution in [0.1, 0.15) is 10.4 Å². The van der Waals surface area contributed by atoms with Crippen molar-refractivity contribution >= 4 is 27.5 Å². The second-order valence-corrected chi connectivity index (χ2v) is 4.82. The van der Waals surface area contributed by atoms with E-state index in [9.17, 15) is 4.79 Å². The minimum atomic E-state index is -0.384. The molecule has 1 heterocycles. The fourth-order valence-corrected chi connectivity index (χ4v) is 2.17. The minimum absolute atomic E-state index is 0.273. The van der Waals surface area contributed by atoms with Crippen molar-refractivity contribution in [2.24, 2.45) is 0 Å². The summed E-state index contributed by atoms with van der Waals surface area (Å²) in [6.07, 6.45) is 0. The largest absolute Gasteiger partial charge is 0.493 e. The number of hydrogen-bond acceptors (Lipinski definition) is 8. The molecule has 0 fully saturated rings. The van der Waals surface area contributed by atoms with Gasteiger partial charge in [0.05, 0.1) is 21.3 Å². The van der Waals surface area contributed by atoms with E-state index in [-0.39, 0.29) is 11.0 Å². The average Bonchev–Trinajstić information content (AvgIpc) is 2.90. The van der Waals surface area contributed by atoms with Crippen molar-refractivity contribution in [3.05, 3.63) is 17.7 Å². The summed E-state index contributed by atoms with van der Waals surface area (Å²) in [5.74, 6) is 0.805. The van der Waals surface area contributed by atoms with Gasteiger partial charge >= 0.3 is 0 Å². The summed E-state index contributed by atoms with van der Waals surface area (Å²) in [7, 11) is 4.44. The molecule has 0 saturated heterocycles. The van der Waals surface area contributed by atoms with Crippen LogP contribution in [0.25, 0.3) is 0 Å². The molecule has 8 nitrogen and oxygen atoms in total. The number of nitrogens with one attached hydrogen (secondary N) is 1. The lowest BCUT2D eigenvalue weighted by atomic mass is 10.1. The zero-order valence-corrected chi connectivity index (χ0v) is 12.5. The minimum Gasteiger partial charge on any atom is -0.493 e. The first-order chi connectivity index (χ1) is 10.1. The molecule has 0 saturated carbocycles. The highest BCUT2D eigenvalue weighted by molar-refractivity contribution is 7.19. The number of benzene rings is 1. The predicted octanol–water partition coefficient (Wildman–Crippen LogP) is 1.40. The highest BCUT2D eigenvalue weighted by Gasteiger charge is 2.17. The first kappa shape index (κ1) is 14.9. The van der Waals surface area contributed by atoms with E-state index in [1.807, 2.05) is 0 Å². The first-order valence-electron chi connectivity index (χ1n) is 5.79. The number of carbonyl (C=O) groups excluding carboxylic acids is 1. The van der Waals surface area contributed by atoms with Gasteiger partial charge in [-0.2, -0.15) is 0 Å². The van der Waals surface area contributed by atoms with Crippen molar-refractivity contribution in [1.29, 1.82) is 0 Å². The molecule has 0 radical (unpaired) electrons. The van der Waals surface area contributed by atoms with Gasteiger partial charge in [-0.05, 0) is 12.1 Å². The Bertz CT molecular complexity index is 633. The second-order valence-electron chi connectivity index (χ2n) is 3.81. The summed E-state index contributed by atoms with van der Waals surface area (Å²) in [6.45, 7) is 0. The smallest absolute Gasteiger partial charge is 0.257 e. The second kappa shape index (κ2) is 6.27. The van der Waals surface area contributed by atoms with Crippen LogP contribution in [0, 0.1) is 0 Å². The van der Waals surface area contributed by atoms with Gasteiger partial charge in [0.15, 0.2) is 11.5 Å². The number of carbonyl (C=O) groups is 1. The van der Waals surface area contributed by atoms with Crippen LogP contribution in [0.2, 0.25) is 0 Å². The summed E-state index contributed by atoms with van der Waals surface area (Å²) in [4.78, 5) is 12.2. The third-order valence-corrected chi connectivity index (χ3v) is 3.26. The number of nitrogens with two attached hydrogens (primary N) is 1. The molecule has 2 aromatic rings. The first-order valence-corrected chi connectivity index (χ1v) is 6.61. The fraction of sp³-hybridized carbons (Fsp3) is 0.250. The fourth-order valence-electron chi connectivity index (χ4n) is 1.67. The molecule has 112 valence electrons. The van der Waals surface area contributed by atoms with E-state index in [4.69, 9.17) is 19.9 Å². The molecule has 0 spiro atoms. The number of aromatic nitrogens is 2. The Morgan fingerprint density at radius 3 is 2.19 bits per heavy atom. The van der Waals surface area contributed by atoms with E-state index in [0.29, 0.717) is 27.9 Å². The van der Waals surface area contributed by atoms with Crippen LogP contribution in [-0.4, -0.2) is 37.4 Å². The van der Waals surface area contributed by atoms with E-state index >= 15 is 0 Å². The van der Waals surface area contributed by atoms with Crippen molar-refractivity contribution in [3.8, 4) is 17.2 Å². The van der Waals surface area contributed by atoms with Crippen LogP contribution in [-0.2, 0) is 0 Å². The van der Waals surface area contributed by atoms with Crippen LogP contribution >= 0.6 is 11.3 Å². The molecule has 9 heteroatoms. The number of methoxy groups -OCH3 is 3. The van der Waals surface area contributed by atoms with Gasteiger partial charge in [0.1, 0.15) is 0 Å². The molecule has 1 aromatic heterocycles. The predicted molar refractivity (Wildman–Crippen MR) is 78.4 cm³/mol. The Balaban J connectivity index is 2.32. The van der Waals surface area contributed by atoms with Gasteiger partial charge in [0, 0.05) is 5.56 Å². The molecular formula is C12H14N4O4S. The van der Waals surface area contributed by atoms with Gasteiger partial charge in [0.25, 0.3) is 5.91 Å². The number of anilines is 2. The molecule has 0 unspecified atom stereocenters. The van der Waals surface area contributed by atoms with Crippen molar-refractivity contribution in [3.63, 3.8) is 0 Å². The van der Waals surface area contributed by atoms with Gasteiger partial charge in [-0.1, -0.05) is 11.3 Å². The maximum atomic E-state index is 12.2. The highest BCUT2D eigenvalue weighted by atomic mass is 32.1. The summed E-state index contributed by atoms with van der Waals surface area (Å²) >= 11 is 1.07. The average molecular weight is 310 g/mol. The third-order valence-electron chi connectivity index (χ3n) is 2.59. The van der Waals surface area contributed by atoms with Gasteiger partial charge in [-0.3, -0.25) is 10.1 Å². The van der Waals surface area contributed by atoms with Crippen LogP contribution in [0.5, 0.6) is 17.2 Å². The molecule has 1 aromatic carbocycles. The zero-order chi connectivity index (χ0) is 15.4. The number of hydrogen-bond donors (Lipinski definition) is 2. The lowest BCUT2D eigenvalue weighted by Gasteiger charge is -2.13.